The summed E-state index contributed by atoms with van der Waals surface area (Å²) in [6.07, 6.45) is 4.99. The molecule has 0 spiro atoms. The van der Waals surface area contributed by atoms with E-state index in [1.165, 1.54) is 6.92 Å². The lowest BCUT2D eigenvalue weighted by molar-refractivity contribution is -0.134. The summed E-state index contributed by atoms with van der Waals surface area (Å²) in [5.41, 5.74) is 2.65. The molecule has 0 fully saturated rings. The molecular weight excluding hydrogens is 283 g/mol. The van der Waals surface area contributed by atoms with Crippen molar-refractivity contribution < 1.29 is 19.0 Å². The van der Waals surface area contributed by atoms with Gasteiger partial charge < -0.3 is 9.84 Å². The highest BCUT2D eigenvalue weighted by atomic mass is 19.1. The van der Waals surface area contributed by atoms with E-state index in [1.807, 2.05) is 25.1 Å². The Labute approximate surface area is 130 Å². The van der Waals surface area contributed by atoms with E-state index >= 15 is 0 Å². The number of carboxylic acids is 1. The van der Waals surface area contributed by atoms with E-state index in [2.05, 4.69) is 19.9 Å². The molecule has 0 unspecified atom stereocenters. The Morgan fingerprint density at radius 2 is 2.09 bits per heavy atom. The number of halogens is 1. The van der Waals surface area contributed by atoms with Crippen LogP contribution < -0.4 is 4.74 Å². The number of rotatable bonds is 4. The summed E-state index contributed by atoms with van der Waals surface area (Å²) in [5, 5.41) is 8.87. The molecule has 0 saturated carbocycles. The lowest BCUT2D eigenvalue weighted by atomic mass is 9.75. The van der Waals surface area contributed by atoms with Crippen LogP contribution in [0, 0.1) is 0 Å². The molecule has 1 aliphatic rings. The molecule has 0 heterocycles. The molecule has 1 aromatic carbocycles. The number of allylic oxidation sites excluding steroid dienone is 2. The zero-order valence-corrected chi connectivity index (χ0v) is 13.4. The van der Waals surface area contributed by atoms with Crippen molar-refractivity contribution in [3.63, 3.8) is 0 Å². The molecule has 2 rings (SSSR count). The minimum atomic E-state index is -1.56. The highest BCUT2D eigenvalue weighted by Crippen LogP contribution is 2.41. The van der Waals surface area contributed by atoms with Crippen LogP contribution in [-0.4, -0.2) is 17.7 Å². The van der Waals surface area contributed by atoms with Gasteiger partial charge in [0.2, 0.25) is 5.83 Å². The molecule has 0 saturated heterocycles. The Kier molecular flexibility index (Phi) is 4.40. The van der Waals surface area contributed by atoms with E-state index in [1.54, 1.807) is 0 Å². The van der Waals surface area contributed by atoms with Gasteiger partial charge >= 0.3 is 5.97 Å². The van der Waals surface area contributed by atoms with Crippen molar-refractivity contribution in [2.75, 3.05) is 6.61 Å². The maximum atomic E-state index is 13.8. The van der Waals surface area contributed by atoms with E-state index in [0.717, 1.165) is 17.5 Å². The second-order valence-electron chi connectivity index (χ2n) is 6.10. The van der Waals surface area contributed by atoms with Gasteiger partial charge in [-0.25, -0.2) is 4.79 Å². The van der Waals surface area contributed by atoms with E-state index in [9.17, 15) is 9.18 Å². The standard InChI is InChI=1S/C18H21FO3/c1-5-22-15-10-14-12(7-6-8-18(14,3)4)9-13(15)11(2)16(19)17(20)21/h6-7,9-10H,5,8H2,1-4H3,(H,20,21). The first-order valence-corrected chi connectivity index (χ1v) is 7.36. The van der Waals surface area contributed by atoms with Crippen molar-refractivity contribution in [2.24, 2.45) is 0 Å². The first-order chi connectivity index (χ1) is 10.3. The van der Waals surface area contributed by atoms with Crippen molar-refractivity contribution in [2.45, 2.75) is 39.5 Å². The van der Waals surface area contributed by atoms with Gasteiger partial charge in [-0.05, 0) is 48.9 Å². The maximum Gasteiger partial charge on any atom is 0.365 e. The average Bonchev–Trinajstić information content (AvgIpc) is 2.45. The topological polar surface area (TPSA) is 46.5 Å². The monoisotopic (exact) mass is 304 g/mol. The van der Waals surface area contributed by atoms with Crippen molar-refractivity contribution in [3.05, 3.63) is 40.7 Å². The zero-order valence-electron chi connectivity index (χ0n) is 13.4. The Balaban J connectivity index is 2.68. The van der Waals surface area contributed by atoms with Crippen LogP contribution in [-0.2, 0) is 10.2 Å². The summed E-state index contributed by atoms with van der Waals surface area (Å²) in [5.74, 6) is -2.19. The van der Waals surface area contributed by atoms with Gasteiger partial charge in [0, 0.05) is 11.1 Å². The van der Waals surface area contributed by atoms with Gasteiger partial charge in [-0.1, -0.05) is 26.0 Å². The van der Waals surface area contributed by atoms with Crippen LogP contribution in [0.25, 0.3) is 11.6 Å². The highest BCUT2D eigenvalue weighted by Gasteiger charge is 2.27. The van der Waals surface area contributed by atoms with Crippen LogP contribution >= 0.6 is 0 Å². The third-order valence-corrected chi connectivity index (χ3v) is 4.03. The fraction of sp³-hybridized carbons (Fsp3) is 0.389. The van der Waals surface area contributed by atoms with Gasteiger partial charge in [0.1, 0.15) is 5.75 Å². The highest BCUT2D eigenvalue weighted by molar-refractivity contribution is 5.94. The van der Waals surface area contributed by atoms with Crippen LogP contribution in [0.3, 0.4) is 0 Å². The molecule has 0 radical (unpaired) electrons. The fourth-order valence-corrected chi connectivity index (χ4v) is 2.76. The number of ether oxygens (including phenoxy) is 1. The van der Waals surface area contributed by atoms with Crippen LogP contribution in [0.1, 0.15) is 50.8 Å². The molecule has 0 aliphatic heterocycles. The summed E-state index contributed by atoms with van der Waals surface area (Å²) in [4.78, 5) is 10.9. The van der Waals surface area contributed by atoms with Crippen molar-refractivity contribution in [1.82, 2.24) is 0 Å². The Bertz CT molecular complexity index is 669. The number of fused-ring (bicyclic) bond motifs is 1. The van der Waals surface area contributed by atoms with Gasteiger partial charge in [-0.15, -0.1) is 0 Å². The number of aliphatic carboxylic acids is 1. The Morgan fingerprint density at radius 3 is 2.68 bits per heavy atom. The first kappa shape index (κ1) is 16.3. The summed E-state index contributed by atoms with van der Waals surface area (Å²) in [7, 11) is 0. The molecule has 0 amide bonds. The average molecular weight is 304 g/mol. The van der Waals surface area contributed by atoms with E-state index < -0.39 is 11.8 Å². The molecule has 1 aliphatic carbocycles. The second-order valence-corrected chi connectivity index (χ2v) is 6.10. The van der Waals surface area contributed by atoms with Gasteiger partial charge in [0.05, 0.1) is 6.61 Å². The zero-order chi connectivity index (χ0) is 16.5. The van der Waals surface area contributed by atoms with Gasteiger partial charge in [0.15, 0.2) is 0 Å². The first-order valence-electron chi connectivity index (χ1n) is 7.36. The van der Waals surface area contributed by atoms with Gasteiger partial charge in [0.25, 0.3) is 0 Å². The summed E-state index contributed by atoms with van der Waals surface area (Å²) >= 11 is 0. The maximum absolute atomic E-state index is 13.8. The Hall–Kier alpha value is -2.10. The van der Waals surface area contributed by atoms with E-state index in [4.69, 9.17) is 9.84 Å². The molecule has 0 bridgehead atoms. The fourth-order valence-electron chi connectivity index (χ4n) is 2.76. The second kappa shape index (κ2) is 5.95. The quantitative estimate of drug-likeness (QED) is 0.829. The summed E-state index contributed by atoms with van der Waals surface area (Å²) in [6.45, 7) is 8.03. The number of hydrogen-bond donors (Lipinski definition) is 1. The summed E-state index contributed by atoms with van der Waals surface area (Å²) < 4.78 is 19.4. The largest absolute Gasteiger partial charge is 0.493 e. The predicted octanol–water partition coefficient (Wildman–Crippen LogP) is 4.56. The molecule has 22 heavy (non-hydrogen) atoms. The van der Waals surface area contributed by atoms with Crippen LogP contribution in [0.2, 0.25) is 0 Å². The predicted molar refractivity (Wildman–Crippen MR) is 85.6 cm³/mol. The van der Waals surface area contributed by atoms with Crippen molar-refractivity contribution in [1.29, 1.82) is 0 Å². The van der Waals surface area contributed by atoms with Crippen LogP contribution in [0.15, 0.2) is 24.0 Å². The van der Waals surface area contributed by atoms with E-state index in [-0.39, 0.29) is 11.0 Å². The summed E-state index contributed by atoms with van der Waals surface area (Å²) in [6, 6.07) is 3.73. The third-order valence-electron chi connectivity index (χ3n) is 4.03. The van der Waals surface area contributed by atoms with E-state index in [0.29, 0.717) is 17.9 Å². The molecule has 118 valence electrons. The van der Waals surface area contributed by atoms with Gasteiger partial charge in [-0.2, -0.15) is 4.39 Å². The van der Waals surface area contributed by atoms with Crippen molar-refractivity contribution >= 4 is 17.6 Å². The number of carbonyl (C=O) groups is 1. The molecule has 0 atom stereocenters. The number of benzene rings is 1. The lowest BCUT2D eigenvalue weighted by Gasteiger charge is -2.30. The molecular formula is C18H21FO3. The number of hydrogen-bond acceptors (Lipinski definition) is 2. The minimum Gasteiger partial charge on any atom is -0.493 e. The van der Waals surface area contributed by atoms with Crippen molar-refractivity contribution in [3.8, 4) is 5.75 Å². The minimum absolute atomic E-state index is 0.0303. The lowest BCUT2D eigenvalue weighted by Crippen LogP contribution is -2.20. The molecule has 1 aromatic rings. The number of carboxylic acid groups (broad SMARTS) is 1. The van der Waals surface area contributed by atoms with Crippen LogP contribution in [0.4, 0.5) is 4.39 Å². The molecule has 1 N–H and O–H groups in total. The SMILES string of the molecule is CCOc1cc2c(cc1C(C)=C(F)C(=O)O)C=CCC2(C)C. The molecule has 0 aromatic heterocycles. The smallest absolute Gasteiger partial charge is 0.365 e. The molecule has 3 nitrogen and oxygen atoms in total. The molecule has 4 heteroatoms. The normalized spacial score (nSPS) is 16.8. The van der Waals surface area contributed by atoms with Crippen LogP contribution in [0.5, 0.6) is 5.75 Å². The third kappa shape index (κ3) is 2.91. The Morgan fingerprint density at radius 1 is 1.41 bits per heavy atom. The van der Waals surface area contributed by atoms with Gasteiger partial charge in [-0.3, -0.25) is 0 Å².